The number of rotatable bonds is 7. The predicted molar refractivity (Wildman–Crippen MR) is 78.1 cm³/mol. The SMILES string of the molecule is c1ccc(CCN(CC2CC2)CC2CCCN2)nc1. The van der Waals surface area contributed by atoms with Crippen LogP contribution >= 0.6 is 0 Å². The van der Waals surface area contributed by atoms with E-state index >= 15 is 0 Å². The first-order chi connectivity index (χ1) is 9.40. The molecule has 2 fully saturated rings. The second-order valence-electron chi connectivity index (χ2n) is 6.07. The summed E-state index contributed by atoms with van der Waals surface area (Å²) in [5, 5.41) is 3.62. The van der Waals surface area contributed by atoms with Crippen LogP contribution in [0.1, 0.15) is 31.4 Å². The van der Waals surface area contributed by atoms with E-state index in [4.69, 9.17) is 0 Å². The van der Waals surface area contributed by atoms with E-state index in [1.807, 2.05) is 12.3 Å². The Hall–Kier alpha value is -0.930. The predicted octanol–water partition coefficient (Wildman–Crippen LogP) is 2.09. The number of nitrogens with zero attached hydrogens (tertiary/aromatic N) is 2. The normalized spacial score (nSPS) is 23.1. The maximum absolute atomic E-state index is 4.43. The van der Waals surface area contributed by atoms with E-state index in [1.54, 1.807) is 0 Å². The lowest BCUT2D eigenvalue weighted by molar-refractivity contribution is 0.242. The molecule has 0 bridgehead atoms. The van der Waals surface area contributed by atoms with Gasteiger partial charge in [-0.05, 0) is 50.3 Å². The van der Waals surface area contributed by atoms with Crippen LogP contribution in [0.4, 0.5) is 0 Å². The summed E-state index contributed by atoms with van der Waals surface area (Å²) in [6.45, 7) is 4.89. The Morgan fingerprint density at radius 3 is 2.84 bits per heavy atom. The van der Waals surface area contributed by atoms with Gasteiger partial charge in [-0.2, -0.15) is 0 Å². The molecule has 0 aromatic carbocycles. The fourth-order valence-electron chi connectivity index (χ4n) is 2.97. The monoisotopic (exact) mass is 259 g/mol. The molecule has 3 rings (SSSR count). The first-order valence-corrected chi connectivity index (χ1v) is 7.76. The molecule has 3 nitrogen and oxygen atoms in total. The Morgan fingerprint density at radius 2 is 2.16 bits per heavy atom. The lowest BCUT2D eigenvalue weighted by Gasteiger charge is -2.25. The Labute approximate surface area is 116 Å². The van der Waals surface area contributed by atoms with E-state index in [2.05, 4.69) is 27.3 Å². The maximum Gasteiger partial charge on any atom is 0.0416 e. The average Bonchev–Trinajstić information content (AvgIpc) is 3.11. The first kappa shape index (κ1) is 13.1. The van der Waals surface area contributed by atoms with E-state index in [9.17, 15) is 0 Å². The second kappa shape index (κ2) is 6.49. The molecule has 104 valence electrons. The van der Waals surface area contributed by atoms with E-state index in [0.29, 0.717) is 0 Å². The van der Waals surface area contributed by atoms with Crippen LogP contribution in [0.25, 0.3) is 0 Å². The van der Waals surface area contributed by atoms with Crippen LogP contribution in [0.5, 0.6) is 0 Å². The number of aromatic nitrogens is 1. The smallest absolute Gasteiger partial charge is 0.0416 e. The Bertz CT molecular complexity index is 369. The summed E-state index contributed by atoms with van der Waals surface area (Å²) in [4.78, 5) is 7.10. The highest BCUT2D eigenvalue weighted by molar-refractivity contribution is 5.03. The van der Waals surface area contributed by atoms with E-state index in [0.717, 1.165) is 24.9 Å². The van der Waals surface area contributed by atoms with Gasteiger partial charge in [0.25, 0.3) is 0 Å². The van der Waals surface area contributed by atoms with Crippen LogP contribution in [-0.2, 0) is 6.42 Å². The third-order valence-corrected chi connectivity index (χ3v) is 4.26. The van der Waals surface area contributed by atoms with Gasteiger partial charge in [-0.15, -0.1) is 0 Å². The van der Waals surface area contributed by atoms with Gasteiger partial charge in [0.2, 0.25) is 0 Å². The molecule has 2 heterocycles. The molecule has 1 aliphatic carbocycles. The zero-order chi connectivity index (χ0) is 12.9. The molecular formula is C16H25N3. The Balaban J connectivity index is 1.49. The van der Waals surface area contributed by atoms with E-state index < -0.39 is 0 Å². The van der Waals surface area contributed by atoms with Crippen molar-refractivity contribution < 1.29 is 0 Å². The van der Waals surface area contributed by atoms with E-state index in [-0.39, 0.29) is 0 Å². The van der Waals surface area contributed by atoms with Crippen molar-refractivity contribution in [3.8, 4) is 0 Å². The Kier molecular flexibility index (Phi) is 4.46. The van der Waals surface area contributed by atoms with Crippen LogP contribution in [0, 0.1) is 5.92 Å². The summed E-state index contributed by atoms with van der Waals surface area (Å²) >= 11 is 0. The molecule has 1 N–H and O–H groups in total. The largest absolute Gasteiger partial charge is 0.313 e. The lowest BCUT2D eigenvalue weighted by atomic mass is 10.2. The number of nitrogens with one attached hydrogen (secondary N) is 1. The van der Waals surface area contributed by atoms with Gasteiger partial charge >= 0.3 is 0 Å². The molecule has 1 unspecified atom stereocenters. The van der Waals surface area contributed by atoms with Crippen molar-refractivity contribution in [2.45, 2.75) is 38.1 Å². The summed E-state index contributed by atoms with van der Waals surface area (Å²) in [6, 6.07) is 6.95. The molecule has 0 amide bonds. The van der Waals surface area contributed by atoms with E-state index in [1.165, 1.54) is 51.0 Å². The van der Waals surface area contributed by atoms with Gasteiger partial charge in [0.15, 0.2) is 0 Å². The molecule has 0 radical (unpaired) electrons. The summed E-state index contributed by atoms with van der Waals surface area (Å²) in [5.41, 5.74) is 1.22. The molecule has 2 aliphatic rings. The quantitative estimate of drug-likeness (QED) is 0.812. The van der Waals surface area contributed by atoms with Crippen LogP contribution < -0.4 is 5.32 Å². The number of hydrogen-bond donors (Lipinski definition) is 1. The molecule has 1 saturated heterocycles. The minimum absolute atomic E-state index is 0.725. The van der Waals surface area contributed by atoms with Crippen molar-refractivity contribution in [1.82, 2.24) is 15.2 Å². The minimum Gasteiger partial charge on any atom is -0.313 e. The molecule has 19 heavy (non-hydrogen) atoms. The Morgan fingerprint density at radius 1 is 1.21 bits per heavy atom. The van der Waals surface area contributed by atoms with Gasteiger partial charge in [-0.1, -0.05) is 6.07 Å². The third kappa shape index (κ3) is 4.29. The molecule has 1 atom stereocenters. The van der Waals surface area contributed by atoms with Crippen molar-refractivity contribution in [3.63, 3.8) is 0 Å². The van der Waals surface area contributed by atoms with Crippen LogP contribution in [0.3, 0.4) is 0 Å². The number of hydrogen-bond acceptors (Lipinski definition) is 3. The molecule has 1 saturated carbocycles. The van der Waals surface area contributed by atoms with Crippen molar-refractivity contribution in [3.05, 3.63) is 30.1 Å². The van der Waals surface area contributed by atoms with Crippen LogP contribution in [0.2, 0.25) is 0 Å². The summed E-state index contributed by atoms with van der Waals surface area (Å²) in [7, 11) is 0. The molecule has 1 aromatic heterocycles. The van der Waals surface area contributed by atoms with Gasteiger partial charge in [0, 0.05) is 44.0 Å². The first-order valence-electron chi connectivity index (χ1n) is 7.76. The van der Waals surface area contributed by atoms with Crippen LogP contribution in [-0.4, -0.2) is 42.1 Å². The zero-order valence-electron chi connectivity index (χ0n) is 11.7. The molecule has 1 aliphatic heterocycles. The maximum atomic E-state index is 4.43. The van der Waals surface area contributed by atoms with Gasteiger partial charge in [0.1, 0.15) is 0 Å². The lowest BCUT2D eigenvalue weighted by Crippen LogP contribution is -2.39. The topological polar surface area (TPSA) is 28.2 Å². The third-order valence-electron chi connectivity index (χ3n) is 4.26. The summed E-state index contributed by atoms with van der Waals surface area (Å²) in [6.07, 6.45) is 8.57. The molecule has 0 spiro atoms. The highest BCUT2D eigenvalue weighted by Gasteiger charge is 2.26. The molecule has 3 heteroatoms. The van der Waals surface area contributed by atoms with Crippen LogP contribution in [0.15, 0.2) is 24.4 Å². The number of pyridine rings is 1. The second-order valence-corrected chi connectivity index (χ2v) is 6.07. The standard InChI is InChI=1S/C16H25N3/c1-2-9-17-15(4-1)8-11-19(12-14-6-7-14)13-16-5-3-10-18-16/h1-2,4,9,14,16,18H,3,5-8,10-13H2. The minimum atomic E-state index is 0.725. The highest BCUT2D eigenvalue weighted by Crippen LogP contribution is 2.30. The van der Waals surface area contributed by atoms with Crippen molar-refractivity contribution >= 4 is 0 Å². The zero-order valence-corrected chi connectivity index (χ0v) is 11.7. The molecule has 1 aromatic rings. The fraction of sp³-hybridized carbons (Fsp3) is 0.688. The van der Waals surface area contributed by atoms with Crippen molar-refractivity contribution in [2.24, 2.45) is 5.92 Å². The van der Waals surface area contributed by atoms with Gasteiger partial charge in [0.05, 0.1) is 0 Å². The van der Waals surface area contributed by atoms with Gasteiger partial charge in [-0.3, -0.25) is 4.98 Å². The molecular weight excluding hydrogens is 234 g/mol. The summed E-state index contributed by atoms with van der Waals surface area (Å²) < 4.78 is 0. The van der Waals surface area contributed by atoms with Gasteiger partial charge in [-0.25, -0.2) is 0 Å². The van der Waals surface area contributed by atoms with Crippen molar-refractivity contribution in [2.75, 3.05) is 26.2 Å². The average molecular weight is 259 g/mol. The summed E-state index contributed by atoms with van der Waals surface area (Å²) in [5.74, 6) is 0.977. The van der Waals surface area contributed by atoms with Crippen molar-refractivity contribution in [1.29, 1.82) is 0 Å². The van der Waals surface area contributed by atoms with Gasteiger partial charge < -0.3 is 10.2 Å². The highest BCUT2D eigenvalue weighted by atomic mass is 15.2. The fourth-order valence-corrected chi connectivity index (χ4v) is 2.97.